The number of piperidine rings is 1. The van der Waals surface area contributed by atoms with Crippen LogP contribution in [0.15, 0.2) is 0 Å². The summed E-state index contributed by atoms with van der Waals surface area (Å²) < 4.78 is 7.08. The van der Waals surface area contributed by atoms with Crippen LogP contribution in [0.25, 0.3) is 0 Å². The highest BCUT2D eigenvalue weighted by Gasteiger charge is 2.34. The second kappa shape index (κ2) is 8.32. The number of rotatable bonds is 4. The van der Waals surface area contributed by atoms with Gasteiger partial charge in [-0.05, 0) is 33.6 Å². The zero-order chi connectivity index (χ0) is 21.2. The Hall–Kier alpha value is -2.38. The number of anilines is 1. The van der Waals surface area contributed by atoms with Crippen molar-refractivity contribution in [1.29, 1.82) is 0 Å². The van der Waals surface area contributed by atoms with Crippen molar-refractivity contribution in [2.75, 3.05) is 18.4 Å². The van der Waals surface area contributed by atoms with Crippen molar-refractivity contribution < 1.29 is 19.1 Å². The summed E-state index contributed by atoms with van der Waals surface area (Å²) in [7, 11) is 1.80. The molecule has 0 aliphatic carbocycles. The van der Waals surface area contributed by atoms with E-state index in [0.29, 0.717) is 37.3 Å². The fourth-order valence-electron chi connectivity index (χ4n) is 3.30. The van der Waals surface area contributed by atoms with E-state index in [0.717, 1.165) is 5.69 Å². The van der Waals surface area contributed by atoms with Crippen LogP contribution in [0.2, 0.25) is 0 Å². The Balaban J connectivity index is 1.87. The van der Waals surface area contributed by atoms with Crippen molar-refractivity contribution in [2.24, 2.45) is 18.4 Å². The van der Waals surface area contributed by atoms with E-state index >= 15 is 0 Å². The highest BCUT2D eigenvalue weighted by molar-refractivity contribution is 5.96. The number of aryl methyl sites for hydroxylation is 2. The number of likely N-dealkylation sites (tertiary alicyclic amines) is 1. The summed E-state index contributed by atoms with van der Waals surface area (Å²) in [6, 6.07) is 0. The second-order valence-electron chi connectivity index (χ2n) is 8.55. The van der Waals surface area contributed by atoms with Gasteiger partial charge >= 0.3 is 5.97 Å². The van der Waals surface area contributed by atoms with E-state index in [9.17, 15) is 14.4 Å². The van der Waals surface area contributed by atoms with Gasteiger partial charge in [-0.2, -0.15) is 5.10 Å². The molecule has 0 unspecified atom stereocenters. The maximum absolute atomic E-state index is 12.5. The molecule has 0 bridgehead atoms. The van der Waals surface area contributed by atoms with Crippen molar-refractivity contribution in [2.45, 2.75) is 60.5 Å². The van der Waals surface area contributed by atoms with E-state index in [4.69, 9.17) is 4.74 Å². The molecular formula is C20H32N4O4. The third-order valence-electron chi connectivity index (χ3n) is 5.18. The number of hydrogen-bond donors (Lipinski definition) is 1. The first-order valence-corrected chi connectivity index (χ1v) is 9.72. The Morgan fingerprint density at radius 3 is 2.21 bits per heavy atom. The molecule has 156 valence electrons. The molecule has 2 heterocycles. The molecule has 0 saturated carbocycles. The smallest absolute Gasteiger partial charge is 0.309 e. The molecule has 1 fully saturated rings. The average molecular weight is 393 g/mol. The maximum atomic E-state index is 12.5. The van der Waals surface area contributed by atoms with E-state index in [1.807, 2.05) is 34.6 Å². The van der Waals surface area contributed by atoms with Crippen molar-refractivity contribution in [3.05, 3.63) is 11.4 Å². The van der Waals surface area contributed by atoms with Gasteiger partial charge in [-0.15, -0.1) is 0 Å². The SMILES string of the molecule is Cc1nn(C)c(C)c1NC(=O)[C@H](C)OC(=O)C1CCN(C(=O)C(C)(C)C)CC1. The highest BCUT2D eigenvalue weighted by Crippen LogP contribution is 2.25. The summed E-state index contributed by atoms with van der Waals surface area (Å²) >= 11 is 0. The van der Waals surface area contributed by atoms with Crippen molar-refractivity contribution in [1.82, 2.24) is 14.7 Å². The van der Waals surface area contributed by atoms with E-state index in [1.54, 1.807) is 23.6 Å². The molecule has 0 aromatic carbocycles. The Kier molecular flexibility index (Phi) is 6.52. The quantitative estimate of drug-likeness (QED) is 0.793. The molecule has 1 aliphatic heterocycles. The van der Waals surface area contributed by atoms with Crippen LogP contribution in [0.4, 0.5) is 5.69 Å². The molecule has 0 radical (unpaired) electrons. The number of carbonyl (C=O) groups is 3. The van der Waals surface area contributed by atoms with Gasteiger partial charge in [0, 0.05) is 25.6 Å². The van der Waals surface area contributed by atoms with Crippen molar-refractivity contribution >= 4 is 23.5 Å². The Labute approximate surface area is 166 Å². The molecule has 2 rings (SSSR count). The van der Waals surface area contributed by atoms with Crippen molar-refractivity contribution in [3.63, 3.8) is 0 Å². The normalized spacial score (nSPS) is 16.6. The molecule has 1 N–H and O–H groups in total. The van der Waals surface area contributed by atoms with Gasteiger partial charge in [0.2, 0.25) is 5.91 Å². The van der Waals surface area contributed by atoms with Gasteiger partial charge in [-0.3, -0.25) is 19.1 Å². The van der Waals surface area contributed by atoms with Gasteiger partial charge in [0.05, 0.1) is 23.0 Å². The summed E-state index contributed by atoms with van der Waals surface area (Å²) in [5, 5.41) is 7.05. The van der Waals surface area contributed by atoms with Crippen molar-refractivity contribution in [3.8, 4) is 0 Å². The lowest BCUT2D eigenvalue weighted by molar-refractivity contribution is -0.160. The van der Waals surface area contributed by atoms with Crippen LogP contribution >= 0.6 is 0 Å². The molecule has 1 aromatic rings. The second-order valence-corrected chi connectivity index (χ2v) is 8.55. The molecule has 1 atom stereocenters. The lowest BCUT2D eigenvalue weighted by Gasteiger charge is -2.35. The topological polar surface area (TPSA) is 93.5 Å². The highest BCUT2D eigenvalue weighted by atomic mass is 16.5. The predicted molar refractivity (Wildman–Crippen MR) is 106 cm³/mol. The molecule has 0 spiro atoms. The number of ether oxygens (including phenoxy) is 1. The predicted octanol–water partition coefficient (Wildman–Crippen LogP) is 2.19. The Morgan fingerprint density at radius 1 is 1.18 bits per heavy atom. The molecule has 28 heavy (non-hydrogen) atoms. The molecule has 2 amide bonds. The molecule has 8 heteroatoms. The minimum absolute atomic E-state index is 0.0919. The standard InChI is InChI=1S/C20H32N4O4/c1-12-16(13(2)23(7)22-12)21-17(25)14(3)28-18(26)15-8-10-24(11-9-15)19(27)20(4,5)6/h14-15H,8-11H2,1-7H3,(H,21,25)/t14-/m0/s1. The largest absolute Gasteiger partial charge is 0.452 e. The van der Waals surface area contributed by atoms with Crippen LogP contribution in [-0.2, 0) is 26.2 Å². The van der Waals surface area contributed by atoms with E-state index in [-0.39, 0.29) is 23.7 Å². The summed E-state index contributed by atoms with van der Waals surface area (Å²) in [6.45, 7) is 12.0. The third-order valence-corrected chi connectivity index (χ3v) is 5.18. The number of esters is 1. The summed E-state index contributed by atoms with van der Waals surface area (Å²) in [6.07, 6.45) is 0.201. The van der Waals surface area contributed by atoms with Crippen LogP contribution in [0, 0.1) is 25.2 Å². The van der Waals surface area contributed by atoms with Crippen LogP contribution in [0.3, 0.4) is 0 Å². The molecule has 1 saturated heterocycles. The van der Waals surface area contributed by atoms with E-state index in [1.165, 1.54) is 0 Å². The lowest BCUT2D eigenvalue weighted by Crippen LogP contribution is -2.45. The van der Waals surface area contributed by atoms with Crippen LogP contribution < -0.4 is 5.32 Å². The van der Waals surface area contributed by atoms with Gasteiger partial charge in [0.15, 0.2) is 6.10 Å². The number of aromatic nitrogens is 2. The van der Waals surface area contributed by atoms with E-state index < -0.39 is 11.5 Å². The third kappa shape index (κ3) is 4.91. The summed E-state index contributed by atoms with van der Waals surface area (Å²) in [5.74, 6) is -0.964. The van der Waals surface area contributed by atoms with Gasteiger partial charge in [-0.1, -0.05) is 20.8 Å². The van der Waals surface area contributed by atoms with Gasteiger partial charge in [0.25, 0.3) is 5.91 Å². The lowest BCUT2D eigenvalue weighted by atomic mass is 9.91. The minimum Gasteiger partial charge on any atom is -0.452 e. The van der Waals surface area contributed by atoms with E-state index in [2.05, 4.69) is 10.4 Å². The van der Waals surface area contributed by atoms with Gasteiger partial charge in [-0.25, -0.2) is 0 Å². The number of carbonyl (C=O) groups excluding carboxylic acids is 3. The fourth-order valence-corrected chi connectivity index (χ4v) is 3.30. The molecular weight excluding hydrogens is 360 g/mol. The monoisotopic (exact) mass is 392 g/mol. The average Bonchev–Trinajstić information content (AvgIpc) is 2.86. The molecule has 1 aromatic heterocycles. The molecule has 8 nitrogen and oxygen atoms in total. The van der Waals surface area contributed by atoms with Crippen LogP contribution in [-0.4, -0.2) is 51.7 Å². The minimum atomic E-state index is -0.902. The Morgan fingerprint density at radius 2 is 1.75 bits per heavy atom. The van der Waals surface area contributed by atoms with Gasteiger partial charge < -0.3 is 15.0 Å². The summed E-state index contributed by atoms with van der Waals surface area (Å²) in [5.41, 5.74) is 1.76. The first-order chi connectivity index (χ1) is 12.9. The first-order valence-electron chi connectivity index (χ1n) is 9.72. The number of amides is 2. The number of nitrogens with zero attached hydrogens (tertiary/aromatic N) is 3. The molecule has 1 aliphatic rings. The first kappa shape index (κ1) is 21.9. The number of hydrogen-bond acceptors (Lipinski definition) is 5. The maximum Gasteiger partial charge on any atom is 0.309 e. The van der Waals surface area contributed by atoms with Crippen LogP contribution in [0.5, 0.6) is 0 Å². The zero-order valence-electron chi connectivity index (χ0n) is 18.0. The van der Waals surface area contributed by atoms with Gasteiger partial charge in [0.1, 0.15) is 0 Å². The fraction of sp³-hybridized carbons (Fsp3) is 0.700. The Bertz CT molecular complexity index is 755. The zero-order valence-corrected chi connectivity index (χ0v) is 18.0. The number of nitrogens with one attached hydrogen (secondary N) is 1. The summed E-state index contributed by atoms with van der Waals surface area (Å²) in [4.78, 5) is 39.0. The van der Waals surface area contributed by atoms with Crippen LogP contribution in [0.1, 0.15) is 51.9 Å².